The Morgan fingerprint density at radius 1 is 0.317 bits per heavy atom. The molecule has 5 aromatic rings. The summed E-state index contributed by atoms with van der Waals surface area (Å²) < 4.78 is 0. The smallest absolute Gasteiger partial charge is 0.00258 e. The van der Waals surface area contributed by atoms with Crippen LogP contribution in [0.25, 0.3) is 10.8 Å². The molecule has 0 saturated heterocycles. The first-order valence-corrected chi connectivity index (χ1v) is 15.7. The summed E-state index contributed by atoms with van der Waals surface area (Å²) in [6, 6.07) is 48.2. The Labute approximate surface area is 254 Å². The second-order valence-electron chi connectivity index (χ2n) is 8.75. The molecule has 0 heterocycles. The van der Waals surface area contributed by atoms with E-state index in [0.717, 1.165) is 12.8 Å². The summed E-state index contributed by atoms with van der Waals surface area (Å²) in [5, 5.41) is 2.62. The van der Waals surface area contributed by atoms with Crippen molar-refractivity contribution < 1.29 is 0 Å². The fourth-order valence-electron chi connectivity index (χ4n) is 3.27. The highest BCUT2D eigenvalue weighted by molar-refractivity contribution is 5.82. The molecule has 0 aliphatic rings. The third-order valence-electron chi connectivity index (χ3n) is 5.00. The molecule has 0 N–H and O–H groups in total. The molecule has 41 heavy (non-hydrogen) atoms. The summed E-state index contributed by atoms with van der Waals surface area (Å²) in [6.45, 7) is 18.7. The third-order valence-corrected chi connectivity index (χ3v) is 5.00. The Morgan fingerprint density at radius 3 is 0.756 bits per heavy atom. The van der Waals surface area contributed by atoms with Crippen LogP contribution >= 0.6 is 0 Å². The molecular weight excluding hydrogens is 492 g/mol. The molecule has 0 unspecified atom stereocenters. The minimum atomic E-state index is 1.03. The second-order valence-corrected chi connectivity index (χ2v) is 8.75. The number of fused-ring (bicyclic) bond motifs is 1. The fraction of sp³-hybridized carbons (Fsp3) is 0.317. The van der Waals surface area contributed by atoms with Crippen LogP contribution in [0, 0.1) is 0 Å². The summed E-state index contributed by atoms with van der Waals surface area (Å²) >= 11 is 0. The Bertz CT molecular complexity index is 1040. The van der Waals surface area contributed by atoms with Crippen LogP contribution in [0.1, 0.15) is 91.8 Å². The highest BCUT2D eigenvalue weighted by Gasteiger charge is 1.92. The Morgan fingerprint density at radius 2 is 0.537 bits per heavy atom. The zero-order chi connectivity index (χ0) is 31.0. The van der Waals surface area contributed by atoms with E-state index in [1.54, 1.807) is 0 Å². The van der Waals surface area contributed by atoms with Gasteiger partial charge in [0.15, 0.2) is 0 Å². The van der Waals surface area contributed by atoms with Gasteiger partial charge in [-0.15, -0.1) is 0 Å². The largest absolute Gasteiger partial charge is 0.0683 e. The van der Waals surface area contributed by atoms with Gasteiger partial charge in [-0.3, -0.25) is 0 Å². The lowest BCUT2D eigenvalue weighted by atomic mass is 10.1. The molecular formula is C41H58. The Kier molecular flexibility index (Phi) is 29.8. The lowest BCUT2D eigenvalue weighted by molar-refractivity contribution is 1.09. The molecule has 0 aliphatic carbocycles. The van der Waals surface area contributed by atoms with Crippen LogP contribution in [-0.4, -0.2) is 0 Å². The zero-order valence-electron chi connectivity index (χ0n) is 27.6. The molecule has 0 heteroatoms. The highest BCUT2D eigenvalue weighted by atomic mass is 14.0. The maximum Gasteiger partial charge on any atom is -0.00258 e. The molecule has 0 saturated carbocycles. The van der Waals surface area contributed by atoms with E-state index in [9.17, 15) is 0 Å². The molecule has 5 rings (SSSR count). The average molecular weight is 551 g/mol. The van der Waals surface area contributed by atoms with Crippen LogP contribution < -0.4 is 0 Å². The van der Waals surface area contributed by atoms with E-state index in [0.29, 0.717) is 0 Å². The first kappa shape index (κ1) is 39.5. The second kappa shape index (κ2) is 30.9. The molecule has 0 aliphatic heterocycles. The van der Waals surface area contributed by atoms with E-state index in [1.165, 1.54) is 40.3 Å². The van der Waals surface area contributed by atoms with Gasteiger partial charge in [-0.2, -0.15) is 0 Å². The van der Waals surface area contributed by atoms with Crippen molar-refractivity contribution in [1.29, 1.82) is 0 Å². The van der Waals surface area contributed by atoms with Crippen LogP contribution in [-0.2, 0) is 12.8 Å². The van der Waals surface area contributed by atoms with Crippen LogP contribution in [0.15, 0.2) is 140 Å². The van der Waals surface area contributed by atoms with Crippen molar-refractivity contribution in [2.24, 2.45) is 0 Å². The molecule has 0 amide bonds. The minimum Gasteiger partial charge on any atom is -0.0683 e. The van der Waals surface area contributed by atoms with Crippen molar-refractivity contribution in [3.8, 4) is 0 Å². The number of benzene rings is 5. The number of aryl methyl sites for hydroxylation is 1. The van der Waals surface area contributed by atoms with Crippen molar-refractivity contribution in [1.82, 2.24) is 0 Å². The normalized spacial score (nSPS) is 8.51. The summed E-state index contributed by atoms with van der Waals surface area (Å²) in [7, 11) is 0. The Balaban J connectivity index is 0. The van der Waals surface area contributed by atoms with Crippen LogP contribution in [0.3, 0.4) is 0 Å². The van der Waals surface area contributed by atoms with E-state index in [-0.39, 0.29) is 0 Å². The average Bonchev–Trinajstić information content (AvgIpc) is 3.06. The molecule has 0 aromatic heterocycles. The molecule has 0 radical (unpaired) electrons. The third kappa shape index (κ3) is 21.8. The molecule has 0 spiro atoms. The summed E-state index contributed by atoms with van der Waals surface area (Å²) in [5.41, 5.74) is 4.15. The van der Waals surface area contributed by atoms with Crippen molar-refractivity contribution >= 4 is 10.8 Å². The first-order valence-electron chi connectivity index (χ1n) is 15.7. The molecule has 0 nitrogen and oxygen atoms in total. The predicted octanol–water partition coefficient (Wildman–Crippen LogP) is 13.3. The van der Waals surface area contributed by atoms with Gasteiger partial charge in [0.2, 0.25) is 0 Å². The zero-order valence-corrected chi connectivity index (χ0v) is 27.6. The lowest BCUT2D eigenvalue weighted by Crippen LogP contribution is -1.85. The van der Waals surface area contributed by atoms with Gasteiger partial charge in [-0.25, -0.2) is 0 Å². The van der Waals surface area contributed by atoms with Gasteiger partial charge in [0.05, 0.1) is 0 Å². The van der Waals surface area contributed by atoms with Gasteiger partial charge < -0.3 is 0 Å². The standard InChI is InChI=1S/C13H12.C10H8.C8H10.2C3H8.2C2H6/c1-3-7-12(8-4-1)11-13-9-5-2-6-10-13;1-2-6-10-8-4-3-7-9(10)5-1;1-2-8-6-4-3-5-7-8;2*1-3-2;2*1-2/h1-10H,11H2;1-8H;3-7H,2H2,1H3;2*3H2,1-2H3;2*1-2H3. The van der Waals surface area contributed by atoms with E-state index in [2.05, 4.69) is 168 Å². The van der Waals surface area contributed by atoms with E-state index in [1.807, 2.05) is 33.8 Å². The van der Waals surface area contributed by atoms with Crippen molar-refractivity contribution in [2.75, 3.05) is 0 Å². The summed E-state index contributed by atoms with van der Waals surface area (Å²) in [4.78, 5) is 0. The molecule has 0 fully saturated rings. The first-order chi connectivity index (χ1) is 20.2. The number of hydrogen-bond donors (Lipinski definition) is 0. The van der Waals surface area contributed by atoms with Crippen LogP contribution in [0.4, 0.5) is 0 Å². The van der Waals surface area contributed by atoms with Gasteiger partial charge in [-0.1, -0.05) is 215 Å². The van der Waals surface area contributed by atoms with Gasteiger partial charge in [0.1, 0.15) is 0 Å². The van der Waals surface area contributed by atoms with Crippen molar-refractivity contribution in [3.05, 3.63) is 156 Å². The van der Waals surface area contributed by atoms with Gasteiger partial charge in [0, 0.05) is 0 Å². The maximum absolute atomic E-state index is 2.16. The monoisotopic (exact) mass is 550 g/mol. The van der Waals surface area contributed by atoms with E-state index >= 15 is 0 Å². The van der Waals surface area contributed by atoms with E-state index in [4.69, 9.17) is 0 Å². The van der Waals surface area contributed by atoms with Gasteiger partial charge >= 0.3 is 0 Å². The molecule has 0 bridgehead atoms. The van der Waals surface area contributed by atoms with Crippen LogP contribution in [0.2, 0.25) is 0 Å². The molecule has 222 valence electrons. The van der Waals surface area contributed by atoms with Crippen molar-refractivity contribution in [3.63, 3.8) is 0 Å². The topological polar surface area (TPSA) is 0 Å². The minimum absolute atomic E-state index is 1.03. The Hall–Kier alpha value is -3.64. The summed E-state index contributed by atoms with van der Waals surface area (Å²) in [5.74, 6) is 0. The van der Waals surface area contributed by atoms with Crippen molar-refractivity contribution in [2.45, 2.75) is 88.0 Å². The van der Waals surface area contributed by atoms with Gasteiger partial charge in [0.25, 0.3) is 0 Å². The molecule has 5 aromatic carbocycles. The fourth-order valence-corrected chi connectivity index (χ4v) is 3.27. The quantitative estimate of drug-likeness (QED) is 0.209. The van der Waals surface area contributed by atoms with Crippen LogP contribution in [0.5, 0.6) is 0 Å². The number of rotatable bonds is 3. The van der Waals surface area contributed by atoms with Gasteiger partial charge in [-0.05, 0) is 40.3 Å². The summed E-state index contributed by atoms with van der Waals surface area (Å²) in [6.07, 6.45) is 4.67. The lowest BCUT2D eigenvalue weighted by Gasteiger charge is -2.00. The number of hydrogen-bond acceptors (Lipinski definition) is 0. The maximum atomic E-state index is 2.16. The predicted molar refractivity (Wildman–Crippen MR) is 190 cm³/mol. The molecule has 0 atom stereocenters. The SMILES string of the molecule is CC.CC.CCC.CCC.CCc1ccccc1.c1ccc(Cc2ccccc2)cc1.c1ccc2ccccc2c1. The highest BCUT2D eigenvalue weighted by Crippen LogP contribution is 2.11. The van der Waals surface area contributed by atoms with E-state index < -0.39 is 0 Å².